The molecule has 0 aliphatic heterocycles. The second-order valence-corrected chi connectivity index (χ2v) is 5.80. The van der Waals surface area contributed by atoms with Gasteiger partial charge >= 0.3 is 0 Å². The fourth-order valence-electron chi connectivity index (χ4n) is 2.80. The fraction of sp³-hybridized carbons (Fsp3) is 0.625. The topological polar surface area (TPSA) is 38.5 Å². The Morgan fingerprint density at radius 1 is 1.32 bits per heavy atom. The van der Waals surface area contributed by atoms with Gasteiger partial charge in [-0.3, -0.25) is 0 Å². The van der Waals surface area contributed by atoms with Crippen molar-refractivity contribution >= 4 is 11.4 Å². The summed E-state index contributed by atoms with van der Waals surface area (Å²) in [6.45, 7) is 2.27. The van der Waals surface area contributed by atoms with Crippen molar-refractivity contribution < 1.29 is 4.74 Å². The smallest absolute Gasteiger partial charge is 0.144 e. The van der Waals surface area contributed by atoms with Crippen molar-refractivity contribution in [1.82, 2.24) is 0 Å². The molecule has 2 atom stereocenters. The van der Waals surface area contributed by atoms with E-state index >= 15 is 0 Å². The molecule has 1 aliphatic carbocycles. The number of hydrogen-bond donors (Lipinski definition) is 1. The van der Waals surface area contributed by atoms with E-state index in [1.807, 2.05) is 32.3 Å². The molecule has 19 heavy (non-hydrogen) atoms. The molecule has 3 nitrogen and oxygen atoms in total. The standard InChI is InChI=1S/C16H26N2O/c1-4-12-6-5-7-14(10-12)19-16-11-13(18(2)3)8-9-15(16)17/h8-9,11-12,14H,4-7,10,17H2,1-3H3. The highest BCUT2D eigenvalue weighted by Gasteiger charge is 2.22. The Kier molecular flexibility index (Phi) is 4.56. The number of hydrogen-bond acceptors (Lipinski definition) is 3. The first-order chi connectivity index (χ1) is 9.10. The zero-order chi connectivity index (χ0) is 13.8. The molecular weight excluding hydrogens is 236 g/mol. The maximum absolute atomic E-state index is 6.16. The van der Waals surface area contributed by atoms with E-state index < -0.39 is 0 Å². The third kappa shape index (κ3) is 3.55. The molecule has 0 spiro atoms. The second kappa shape index (κ2) is 6.18. The summed E-state index contributed by atoms with van der Waals surface area (Å²) in [7, 11) is 4.06. The first kappa shape index (κ1) is 14.0. The Balaban J connectivity index is 2.07. The van der Waals surface area contributed by atoms with Gasteiger partial charge in [0.25, 0.3) is 0 Å². The summed E-state index contributed by atoms with van der Waals surface area (Å²) in [6, 6.07) is 6.01. The minimum Gasteiger partial charge on any atom is -0.488 e. The molecule has 1 saturated carbocycles. The lowest BCUT2D eigenvalue weighted by Gasteiger charge is -2.29. The van der Waals surface area contributed by atoms with Crippen LogP contribution in [-0.2, 0) is 0 Å². The second-order valence-electron chi connectivity index (χ2n) is 5.80. The molecule has 1 fully saturated rings. The monoisotopic (exact) mass is 262 g/mol. The van der Waals surface area contributed by atoms with Crippen LogP contribution >= 0.6 is 0 Å². The lowest BCUT2D eigenvalue weighted by molar-refractivity contribution is 0.123. The number of anilines is 2. The normalized spacial score (nSPS) is 23.1. The van der Waals surface area contributed by atoms with Crippen molar-refractivity contribution in [3.05, 3.63) is 18.2 Å². The van der Waals surface area contributed by atoms with Gasteiger partial charge in [-0.15, -0.1) is 0 Å². The molecule has 0 radical (unpaired) electrons. The fourth-order valence-corrected chi connectivity index (χ4v) is 2.80. The zero-order valence-electron chi connectivity index (χ0n) is 12.4. The predicted molar refractivity (Wildman–Crippen MR) is 81.8 cm³/mol. The van der Waals surface area contributed by atoms with Crippen LogP contribution in [0.3, 0.4) is 0 Å². The number of rotatable bonds is 4. The molecule has 0 saturated heterocycles. The molecule has 0 bridgehead atoms. The molecule has 2 rings (SSSR count). The van der Waals surface area contributed by atoms with Gasteiger partial charge in [-0.1, -0.05) is 19.8 Å². The van der Waals surface area contributed by atoms with Crippen LogP contribution in [0.2, 0.25) is 0 Å². The first-order valence-corrected chi connectivity index (χ1v) is 7.33. The summed E-state index contributed by atoms with van der Waals surface area (Å²) in [6.07, 6.45) is 6.54. The van der Waals surface area contributed by atoms with E-state index in [2.05, 4.69) is 11.8 Å². The van der Waals surface area contributed by atoms with Crippen LogP contribution in [0.1, 0.15) is 39.0 Å². The summed E-state index contributed by atoms with van der Waals surface area (Å²) in [5.41, 5.74) is 7.90. The quantitative estimate of drug-likeness (QED) is 0.841. The molecular formula is C16H26N2O. The molecule has 2 N–H and O–H groups in total. The maximum atomic E-state index is 6.16. The van der Waals surface area contributed by atoms with Gasteiger partial charge in [-0.25, -0.2) is 0 Å². The average Bonchev–Trinajstić information content (AvgIpc) is 2.41. The van der Waals surface area contributed by atoms with Crippen LogP contribution in [0.25, 0.3) is 0 Å². The summed E-state index contributed by atoms with van der Waals surface area (Å²) >= 11 is 0. The third-order valence-corrected chi connectivity index (χ3v) is 4.12. The van der Waals surface area contributed by atoms with Crippen molar-refractivity contribution in [2.24, 2.45) is 5.92 Å². The van der Waals surface area contributed by atoms with Gasteiger partial charge in [-0.2, -0.15) is 0 Å². The summed E-state index contributed by atoms with van der Waals surface area (Å²) in [4.78, 5) is 2.07. The molecule has 2 unspecified atom stereocenters. The molecule has 0 aromatic heterocycles. The van der Waals surface area contributed by atoms with E-state index in [1.54, 1.807) is 0 Å². The van der Waals surface area contributed by atoms with Crippen molar-refractivity contribution in [3.8, 4) is 5.75 Å². The lowest BCUT2D eigenvalue weighted by Crippen LogP contribution is -2.25. The van der Waals surface area contributed by atoms with Crippen LogP contribution < -0.4 is 15.4 Å². The average molecular weight is 262 g/mol. The number of nitrogens with two attached hydrogens (primary N) is 1. The summed E-state index contributed by atoms with van der Waals surface area (Å²) < 4.78 is 6.16. The Labute approximate surface area is 116 Å². The van der Waals surface area contributed by atoms with Gasteiger partial charge in [0.15, 0.2) is 0 Å². The van der Waals surface area contributed by atoms with E-state index in [4.69, 9.17) is 10.5 Å². The molecule has 1 aromatic rings. The minimum absolute atomic E-state index is 0.332. The highest BCUT2D eigenvalue weighted by Crippen LogP contribution is 2.33. The van der Waals surface area contributed by atoms with Gasteiger partial charge in [0, 0.05) is 25.8 Å². The van der Waals surface area contributed by atoms with Gasteiger partial charge in [0.05, 0.1) is 11.8 Å². The molecule has 1 aliphatic rings. The number of nitrogen functional groups attached to an aromatic ring is 1. The van der Waals surface area contributed by atoms with E-state index in [0.717, 1.165) is 29.5 Å². The van der Waals surface area contributed by atoms with Crippen LogP contribution in [-0.4, -0.2) is 20.2 Å². The van der Waals surface area contributed by atoms with E-state index in [0.29, 0.717) is 6.10 Å². The molecule has 0 heterocycles. The summed E-state index contributed by atoms with van der Waals surface area (Å²) in [5, 5.41) is 0. The molecule has 0 amide bonds. The Bertz CT molecular complexity index is 417. The SMILES string of the molecule is CCC1CCCC(Oc2cc(N(C)C)ccc2N)C1. The summed E-state index contributed by atoms with van der Waals surface area (Å²) in [5.74, 6) is 1.66. The van der Waals surface area contributed by atoms with Crippen LogP contribution in [0.5, 0.6) is 5.75 Å². The van der Waals surface area contributed by atoms with Crippen LogP contribution in [0.4, 0.5) is 11.4 Å². The highest BCUT2D eigenvalue weighted by atomic mass is 16.5. The van der Waals surface area contributed by atoms with Crippen molar-refractivity contribution in [3.63, 3.8) is 0 Å². The lowest BCUT2D eigenvalue weighted by atomic mass is 9.85. The highest BCUT2D eigenvalue weighted by molar-refractivity contribution is 5.61. The number of ether oxygens (including phenoxy) is 1. The maximum Gasteiger partial charge on any atom is 0.144 e. The number of nitrogens with zero attached hydrogens (tertiary/aromatic N) is 1. The largest absolute Gasteiger partial charge is 0.488 e. The third-order valence-electron chi connectivity index (χ3n) is 4.12. The molecule has 106 valence electrons. The van der Waals surface area contributed by atoms with E-state index in [9.17, 15) is 0 Å². The number of benzene rings is 1. The minimum atomic E-state index is 0.332. The van der Waals surface area contributed by atoms with E-state index in [1.165, 1.54) is 25.7 Å². The van der Waals surface area contributed by atoms with Crippen LogP contribution in [0.15, 0.2) is 18.2 Å². The Morgan fingerprint density at radius 2 is 2.11 bits per heavy atom. The van der Waals surface area contributed by atoms with Crippen molar-refractivity contribution in [2.45, 2.75) is 45.1 Å². The van der Waals surface area contributed by atoms with Gasteiger partial charge in [0.2, 0.25) is 0 Å². The van der Waals surface area contributed by atoms with Gasteiger partial charge < -0.3 is 15.4 Å². The predicted octanol–water partition coefficient (Wildman–Crippen LogP) is 3.68. The van der Waals surface area contributed by atoms with Crippen LogP contribution in [0, 0.1) is 5.92 Å². The van der Waals surface area contributed by atoms with E-state index in [-0.39, 0.29) is 0 Å². The Hall–Kier alpha value is -1.38. The Morgan fingerprint density at radius 3 is 2.79 bits per heavy atom. The van der Waals surface area contributed by atoms with Crippen molar-refractivity contribution in [2.75, 3.05) is 24.7 Å². The van der Waals surface area contributed by atoms with Crippen molar-refractivity contribution in [1.29, 1.82) is 0 Å². The molecule has 1 aromatic carbocycles. The van der Waals surface area contributed by atoms with Gasteiger partial charge in [-0.05, 0) is 37.3 Å². The molecule has 3 heteroatoms. The first-order valence-electron chi connectivity index (χ1n) is 7.33. The van der Waals surface area contributed by atoms with Gasteiger partial charge in [0.1, 0.15) is 5.75 Å². The zero-order valence-corrected chi connectivity index (χ0v) is 12.4.